The van der Waals surface area contributed by atoms with Gasteiger partial charge in [-0.25, -0.2) is 0 Å². The minimum absolute atomic E-state index is 0.0833. The Morgan fingerprint density at radius 3 is 2.24 bits per heavy atom. The standard InChI is InChI=1S/C19H22N2O4/c1-13-9-16(24-2)17(25-3)10-15(13)11-20-18(22)12-21-19(23)14-7-5-4-6-8-14/h4-10H,11-12H2,1-3H3,(H,20,22)(H,21,23). The summed E-state index contributed by atoms with van der Waals surface area (Å²) >= 11 is 0. The van der Waals surface area contributed by atoms with Crippen molar-refractivity contribution >= 4 is 11.8 Å². The Balaban J connectivity index is 1.89. The molecule has 2 amide bonds. The number of hydrogen-bond donors (Lipinski definition) is 2. The number of hydrogen-bond acceptors (Lipinski definition) is 4. The van der Waals surface area contributed by atoms with Crippen LogP contribution >= 0.6 is 0 Å². The quantitative estimate of drug-likeness (QED) is 0.807. The van der Waals surface area contributed by atoms with Crippen molar-refractivity contribution in [2.75, 3.05) is 20.8 Å². The molecule has 0 atom stereocenters. The Hall–Kier alpha value is -3.02. The molecule has 0 spiro atoms. The maximum absolute atomic E-state index is 12.0. The molecule has 2 N–H and O–H groups in total. The molecule has 25 heavy (non-hydrogen) atoms. The van der Waals surface area contributed by atoms with Gasteiger partial charge in [-0.05, 0) is 42.3 Å². The van der Waals surface area contributed by atoms with Crippen LogP contribution in [0.5, 0.6) is 11.5 Å². The molecule has 0 unspecified atom stereocenters. The van der Waals surface area contributed by atoms with E-state index in [1.807, 2.05) is 25.1 Å². The molecule has 0 aliphatic heterocycles. The highest BCUT2D eigenvalue weighted by Gasteiger charge is 2.11. The lowest BCUT2D eigenvalue weighted by Crippen LogP contribution is -2.36. The summed E-state index contributed by atoms with van der Waals surface area (Å²) in [6.07, 6.45) is 0. The van der Waals surface area contributed by atoms with Crippen LogP contribution in [-0.2, 0) is 11.3 Å². The van der Waals surface area contributed by atoms with E-state index in [2.05, 4.69) is 10.6 Å². The first-order chi connectivity index (χ1) is 12.0. The highest BCUT2D eigenvalue weighted by Crippen LogP contribution is 2.30. The van der Waals surface area contributed by atoms with Crippen LogP contribution in [0.15, 0.2) is 42.5 Å². The molecule has 0 aromatic heterocycles. The number of carbonyl (C=O) groups excluding carboxylic acids is 2. The topological polar surface area (TPSA) is 76.7 Å². The van der Waals surface area contributed by atoms with Crippen LogP contribution < -0.4 is 20.1 Å². The van der Waals surface area contributed by atoms with Gasteiger partial charge in [-0.2, -0.15) is 0 Å². The molecular formula is C19H22N2O4. The van der Waals surface area contributed by atoms with Crippen LogP contribution in [0.2, 0.25) is 0 Å². The average Bonchev–Trinajstić information content (AvgIpc) is 2.65. The molecule has 0 aliphatic rings. The van der Waals surface area contributed by atoms with Crippen molar-refractivity contribution < 1.29 is 19.1 Å². The Kier molecular flexibility index (Phi) is 6.39. The average molecular weight is 342 g/mol. The third kappa shape index (κ3) is 4.97. The monoisotopic (exact) mass is 342 g/mol. The van der Waals surface area contributed by atoms with Gasteiger partial charge >= 0.3 is 0 Å². The van der Waals surface area contributed by atoms with Crippen molar-refractivity contribution in [3.05, 3.63) is 59.2 Å². The molecule has 2 aromatic carbocycles. The van der Waals surface area contributed by atoms with Crippen molar-refractivity contribution in [3.63, 3.8) is 0 Å². The van der Waals surface area contributed by atoms with Crippen LogP contribution in [0, 0.1) is 6.92 Å². The van der Waals surface area contributed by atoms with Crippen LogP contribution in [0.3, 0.4) is 0 Å². The lowest BCUT2D eigenvalue weighted by molar-refractivity contribution is -0.120. The predicted molar refractivity (Wildman–Crippen MR) is 94.9 cm³/mol. The molecule has 0 aliphatic carbocycles. The first-order valence-corrected chi connectivity index (χ1v) is 7.86. The summed E-state index contributed by atoms with van der Waals surface area (Å²) in [5.74, 6) is 0.705. The van der Waals surface area contributed by atoms with Gasteiger partial charge in [-0.15, -0.1) is 0 Å². The van der Waals surface area contributed by atoms with E-state index in [4.69, 9.17) is 9.47 Å². The van der Waals surface area contributed by atoms with E-state index < -0.39 is 0 Å². The number of aryl methyl sites for hydroxylation is 1. The van der Waals surface area contributed by atoms with Gasteiger partial charge in [0, 0.05) is 12.1 Å². The molecule has 2 rings (SSSR count). The molecule has 0 bridgehead atoms. The second kappa shape index (κ2) is 8.73. The van der Waals surface area contributed by atoms with E-state index in [1.54, 1.807) is 38.5 Å². The summed E-state index contributed by atoms with van der Waals surface area (Å²) in [7, 11) is 3.14. The predicted octanol–water partition coefficient (Wildman–Crippen LogP) is 2.06. The Bertz CT molecular complexity index is 745. The van der Waals surface area contributed by atoms with Gasteiger partial charge in [0.2, 0.25) is 5.91 Å². The molecule has 0 radical (unpaired) electrons. The van der Waals surface area contributed by atoms with Gasteiger partial charge in [0.05, 0.1) is 20.8 Å². The Labute approximate surface area is 147 Å². The van der Waals surface area contributed by atoms with Gasteiger partial charge in [0.15, 0.2) is 11.5 Å². The lowest BCUT2D eigenvalue weighted by atomic mass is 10.1. The third-order valence-corrected chi connectivity index (χ3v) is 3.76. The fourth-order valence-electron chi connectivity index (χ4n) is 2.32. The number of benzene rings is 2. The third-order valence-electron chi connectivity index (χ3n) is 3.76. The zero-order chi connectivity index (χ0) is 18.2. The van der Waals surface area contributed by atoms with Crippen molar-refractivity contribution in [2.45, 2.75) is 13.5 Å². The Morgan fingerprint density at radius 1 is 0.960 bits per heavy atom. The molecule has 0 heterocycles. The lowest BCUT2D eigenvalue weighted by Gasteiger charge is -2.13. The Morgan fingerprint density at radius 2 is 1.60 bits per heavy atom. The molecule has 0 saturated carbocycles. The smallest absolute Gasteiger partial charge is 0.251 e. The van der Waals surface area contributed by atoms with E-state index in [0.29, 0.717) is 23.6 Å². The van der Waals surface area contributed by atoms with Gasteiger partial charge in [-0.3, -0.25) is 9.59 Å². The van der Waals surface area contributed by atoms with Crippen LogP contribution in [0.1, 0.15) is 21.5 Å². The van der Waals surface area contributed by atoms with Crippen LogP contribution in [0.25, 0.3) is 0 Å². The summed E-state index contributed by atoms with van der Waals surface area (Å²) in [5.41, 5.74) is 2.41. The van der Waals surface area contributed by atoms with Crippen molar-refractivity contribution in [1.82, 2.24) is 10.6 Å². The van der Waals surface area contributed by atoms with Crippen molar-refractivity contribution in [1.29, 1.82) is 0 Å². The molecule has 2 aromatic rings. The first-order valence-electron chi connectivity index (χ1n) is 7.86. The molecular weight excluding hydrogens is 320 g/mol. The zero-order valence-electron chi connectivity index (χ0n) is 14.6. The van der Waals surface area contributed by atoms with Gasteiger partial charge < -0.3 is 20.1 Å². The minimum Gasteiger partial charge on any atom is -0.493 e. The molecule has 0 fully saturated rings. The second-order valence-corrected chi connectivity index (χ2v) is 5.46. The van der Waals surface area contributed by atoms with Gasteiger partial charge in [0.1, 0.15) is 0 Å². The number of methoxy groups -OCH3 is 2. The molecule has 6 nitrogen and oxygen atoms in total. The fraction of sp³-hybridized carbons (Fsp3) is 0.263. The van der Waals surface area contributed by atoms with Gasteiger partial charge in [0.25, 0.3) is 5.91 Å². The van der Waals surface area contributed by atoms with Crippen LogP contribution in [-0.4, -0.2) is 32.6 Å². The molecule has 6 heteroatoms. The van der Waals surface area contributed by atoms with E-state index >= 15 is 0 Å². The second-order valence-electron chi connectivity index (χ2n) is 5.46. The normalized spacial score (nSPS) is 10.0. The van der Waals surface area contributed by atoms with Gasteiger partial charge in [-0.1, -0.05) is 18.2 Å². The minimum atomic E-state index is -0.280. The zero-order valence-corrected chi connectivity index (χ0v) is 14.6. The number of ether oxygens (including phenoxy) is 2. The highest BCUT2D eigenvalue weighted by molar-refractivity contribution is 5.96. The number of nitrogens with one attached hydrogen (secondary N) is 2. The van der Waals surface area contributed by atoms with Crippen molar-refractivity contribution in [3.8, 4) is 11.5 Å². The van der Waals surface area contributed by atoms with E-state index in [0.717, 1.165) is 11.1 Å². The summed E-state index contributed by atoms with van der Waals surface area (Å²) in [6, 6.07) is 12.5. The maximum atomic E-state index is 12.0. The molecule has 132 valence electrons. The fourth-order valence-corrected chi connectivity index (χ4v) is 2.32. The largest absolute Gasteiger partial charge is 0.493 e. The SMILES string of the molecule is COc1cc(C)c(CNC(=O)CNC(=O)c2ccccc2)cc1OC. The summed E-state index contributed by atoms with van der Waals surface area (Å²) in [5, 5.41) is 5.38. The number of carbonyl (C=O) groups is 2. The summed E-state index contributed by atoms with van der Waals surface area (Å²) < 4.78 is 10.5. The van der Waals surface area contributed by atoms with Crippen LogP contribution in [0.4, 0.5) is 0 Å². The van der Waals surface area contributed by atoms with E-state index in [-0.39, 0.29) is 18.4 Å². The summed E-state index contributed by atoms with van der Waals surface area (Å²) in [4.78, 5) is 23.9. The number of rotatable bonds is 7. The van der Waals surface area contributed by atoms with E-state index in [9.17, 15) is 9.59 Å². The summed E-state index contributed by atoms with van der Waals surface area (Å²) in [6.45, 7) is 2.19. The number of amides is 2. The van der Waals surface area contributed by atoms with Crippen molar-refractivity contribution in [2.24, 2.45) is 0 Å². The molecule has 0 saturated heterocycles. The highest BCUT2D eigenvalue weighted by atomic mass is 16.5. The van der Waals surface area contributed by atoms with E-state index in [1.165, 1.54) is 0 Å². The first kappa shape index (κ1) is 18.3. The maximum Gasteiger partial charge on any atom is 0.251 e.